The average molecular weight is 659 g/mol. The Balaban J connectivity index is 0.00000386. The topological polar surface area (TPSA) is 144 Å². The van der Waals surface area contributed by atoms with Crippen molar-refractivity contribution in [3.63, 3.8) is 0 Å². The maximum Gasteiger partial charge on any atom is 0.439 e. The number of hydrogen-bond acceptors (Lipinski definition) is 8. The van der Waals surface area contributed by atoms with E-state index in [0.717, 1.165) is 84.9 Å². The molecule has 1 radical (unpaired) electrons. The fraction of sp³-hybridized carbons (Fsp3) is 0.429. The second-order valence-corrected chi connectivity index (χ2v) is 12.7. The molecule has 3 heterocycles. The van der Waals surface area contributed by atoms with E-state index >= 15 is 0 Å². The smallest absolute Gasteiger partial charge is 0.377 e. The van der Waals surface area contributed by atoms with E-state index < -0.39 is 5.76 Å². The maximum absolute atomic E-state index is 14.4. The van der Waals surface area contributed by atoms with Crippen LogP contribution in [0.25, 0.3) is 28.3 Å². The molecule has 0 aliphatic heterocycles. The van der Waals surface area contributed by atoms with Gasteiger partial charge in [-0.3, -0.25) is 18.9 Å². The van der Waals surface area contributed by atoms with Crippen LogP contribution in [0.4, 0.5) is 0 Å². The van der Waals surface area contributed by atoms with E-state index in [-0.39, 0.29) is 74.5 Å². The van der Waals surface area contributed by atoms with Crippen LogP contribution in [0, 0.1) is 16.7 Å². The zero-order valence-electron chi connectivity index (χ0n) is 26.9. The Bertz CT molecular complexity index is 2010. The van der Waals surface area contributed by atoms with Crippen LogP contribution in [0.1, 0.15) is 81.2 Å². The molecule has 2 fully saturated rings. The van der Waals surface area contributed by atoms with Crippen molar-refractivity contribution in [2.45, 2.75) is 83.3 Å². The van der Waals surface area contributed by atoms with E-state index in [1.165, 1.54) is 6.33 Å². The third-order valence-corrected chi connectivity index (χ3v) is 9.73. The molecule has 0 bridgehead atoms. The number of rotatable bonds is 10. The molecule has 237 valence electrons. The first kappa shape index (κ1) is 33.7. The minimum Gasteiger partial charge on any atom is -0.377 e. The summed E-state index contributed by atoms with van der Waals surface area (Å²) in [6.45, 7) is 2.61. The first-order valence-electron chi connectivity index (χ1n) is 16.2. The summed E-state index contributed by atoms with van der Waals surface area (Å²) in [5.41, 5.74) is 4.98. The summed E-state index contributed by atoms with van der Waals surface area (Å²) in [4.78, 5) is 33.1. The molecule has 0 spiro atoms. The Morgan fingerprint density at radius 3 is 2.45 bits per heavy atom. The number of aryl methyl sites for hydroxylation is 1. The van der Waals surface area contributed by atoms with Crippen molar-refractivity contribution in [1.82, 2.24) is 29.3 Å². The molecule has 0 amide bonds. The predicted octanol–water partition coefficient (Wildman–Crippen LogP) is 5.26. The molecule has 2 aliphatic rings. The molecule has 5 aromatic rings. The van der Waals surface area contributed by atoms with Gasteiger partial charge in [0.1, 0.15) is 6.33 Å². The summed E-state index contributed by atoms with van der Waals surface area (Å²) >= 11 is 0. The summed E-state index contributed by atoms with van der Waals surface area (Å²) in [5, 5.41) is 18.0. The molecule has 1 N–H and O–H groups in total. The summed E-state index contributed by atoms with van der Waals surface area (Å²) in [5.74, 6) is 0.370. The molecule has 2 aliphatic carbocycles. The second-order valence-electron chi connectivity index (χ2n) is 12.7. The van der Waals surface area contributed by atoms with Gasteiger partial charge in [0, 0.05) is 75.0 Å². The number of ether oxygens (including phenoxy) is 1. The Morgan fingerprint density at radius 1 is 1.06 bits per heavy atom. The number of nitrogens with one attached hydrogen (secondary N) is 1. The van der Waals surface area contributed by atoms with Gasteiger partial charge in [-0.05, 0) is 61.6 Å². The number of aromatic nitrogens is 6. The van der Waals surface area contributed by atoms with Gasteiger partial charge >= 0.3 is 5.76 Å². The van der Waals surface area contributed by atoms with Gasteiger partial charge in [0.05, 0.1) is 29.9 Å². The number of hydrogen-bond donors (Lipinski definition) is 1. The van der Waals surface area contributed by atoms with E-state index in [1.807, 2.05) is 57.6 Å². The van der Waals surface area contributed by atoms with Crippen LogP contribution in [0.2, 0.25) is 0 Å². The predicted molar refractivity (Wildman–Crippen MR) is 177 cm³/mol. The average Bonchev–Trinajstić information content (AvgIpc) is 3.73. The third-order valence-electron chi connectivity index (χ3n) is 9.73. The van der Waals surface area contributed by atoms with Crippen LogP contribution in [0.15, 0.2) is 69.0 Å². The van der Waals surface area contributed by atoms with Gasteiger partial charge < -0.3 is 4.74 Å². The molecule has 7 rings (SSSR count). The van der Waals surface area contributed by atoms with Gasteiger partial charge in [-0.25, -0.2) is 9.31 Å². The quantitative estimate of drug-likeness (QED) is 0.200. The van der Waals surface area contributed by atoms with E-state index in [2.05, 4.69) is 33.2 Å². The SMILES string of the molecule is CCCc1c(Cc2ccc(-c3ccccc3-c3noc(=O)[nH]3)cc2)c(=O)n(C2CCC(OCC3(C#N)CCC3)CC2)c2ncnn12.[K]. The number of H-pyrrole nitrogens is 1. The minimum atomic E-state index is -0.600. The van der Waals surface area contributed by atoms with Gasteiger partial charge in [-0.1, -0.05) is 73.5 Å². The van der Waals surface area contributed by atoms with Crippen molar-refractivity contribution in [1.29, 1.82) is 5.26 Å². The molecule has 0 atom stereocenters. The fourth-order valence-corrected chi connectivity index (χ4v) is 7.01. The van der Waals surface area contributed by atoms with Crippen molar-refractivity contribution in [3.8, 4) is 28.6 Å². The number of nitriles is 1. The summed E-state index contributed by atoms with van der Waals surface area (Å²) in [6, 6.07) is 18.3. The van der Waals surface area contributed by atoms with E-state index in [9.17, 15) is 14.9 Å². The van der Waals surface area contributed by atoms with Crippen LogP contribution in [0.5, 0.6) is 0 Å². The van der Waals surface area contributed by atoms with Crippen LogP contribution in [-0.4, -0.2) is 93.4 Å². The standard InChI is InChI=1S/C35H37N7O4.K/c1-2-6-30-29(19-23-9-11-24(12-10-23)27-7-3-4-8-28(27)31-39-34(44)46-40-31)32(43)41(33-37-22-38-42(30)33)25-13-15-26(16-14-25)45-21-35(20-36)17-5-18-35;/h3-4,7-12,22,25-26H,2,5-6,13-19,21H2,1H3,(H,39,40,44);. The number of benzene rings is 2. The molecule has 3 aromatic heterocycles. The molecule has 47 heavy (non-hydrogen) atoms. The van der Waals surface area contributed by atoms with Crippen molar-refractivity contribution < 1.29 is 9.26 Å². The molecular formula is C35H37KN7O4. The van der Waals surface area contributed by atoms with E-state index in [1.54, 1.807) is 0 Å². The van der Waals surface area contributed by atoms with Crippen molar-refractivity contribution in [2.75, 3.05) is 6.61 Å². The monoisotopic (exact) mass is 658 g/mol. The van der Waals surface area contributed by atoms with E-state index in [0.29, 0.717) is 31.1 Å². The van der Waals surface area contributed by atoms with Crippen LogP contribution < -0.4 is 11.3 Å². The third kappa shape index (κ3) is 6.75. The molecule has 2 aromatic carbocycles. The van der Waals surface area contributed by atoms with Gasteiger partial charge in [-0.15, -0.1) is 0 Å². The van der Waals surface area contributed by atoms with Crippen LogP contribution in [-0.2, 0) is 17.6 Å². The fourth-order valence-electron chi connectivity index (χ4n) is 7.01. The zero-order chi connectivity index (χ0) is 31.7. The molecular weight excluding hydrogens is 622 g/mol. The zero-order valence-corrected chi connectivity index (χ0v) is 30.1. The van der Waals surface area contributed by atoms with Crippen molar-refractivity contribution in [2.24, 2.45) is 5.41 Å². The Hall–Kier alpha value is -3.18. The first-order chi connectivity index (χ1) is 22.5. The van der Waals surface area contributed by atoms with Crippen molar-refractivity contribution in [3.05, 3.63) is 92.6 Å². The second kappa shape index (κ2) is 14.5. The normalized spacial score (nSPS) is 18.7. The van der Waals surface area contributed by atoms with Gasteiger partial charge in [0.15, 0.2) is 5.82 Å². The first-order valence-corrected chi connectivity index (χ1v) is 16.2. The van der Waals surface area contributed by atoms with Gasteiger partial charge in [0.2, 0.25) is 5.78 Å². The summed E-state index contributed by atoms with van der Waals surface area (Å²) < 4.78 is 14.7. The van der Waals surface area contributed by atoms with Gasteiger partial charge in [-0.2, -0.15) is 15.3 Å². The van der Waals surface area contributed by atoms with Gasteiger partial charge in [0.25, 0.3) is 5.56 Å². The number of nitrogens with zero attached hydrogens (tertiary/aromatic N) is 6. The Kier molecular flexibility index (Phi) is 10.4. The minimum absolute atomic E-state index is 0. The van der Waals surface area contributed by atoms with Crippen LogP contribution in [0.3, 0.4) is 0 Å². The van der Waals surface area contributed by atoms with Crippen molar-refractivity contribution >= 4 is 57.2 Å². The molecule has 11 nitrogen and oxygen atoms in total. The number of fused-ring (bicyclic) bond motifs is 1. The Labute approximate surface area is 314 Å². The summed E-state index contributed by atoms with van der Waals surface area (Å²) in [7, 11) is 0. The number of aromatic amines is 1. The molecule has 0 saturated heterocycles. The summed E-state index contributed by atoms with van der Waals surface area (Å²) in [6.07, 6.45) is 9.96. The van der Waals surface area contributed by atoms with E-state index in [4.69, 9.17) is 9.26 Å². The largest absolute Gasteiger partial charge is 0.439 e. The van der Waals surface area contributed by atoms with Crippen LogP contribution >= 0.6 is 0 Å². The Morgan fingerprint density at radius 2 is 1.81 bits per heavy atom. The molecule has 2 saturated carbocycles. The molecule has 0 unspecified atom stereocenters. The molecule has 12 heteroatoms. The maximum atomic E-state index is 14.4.